The van der Waals surface area contributed by atoms with E-state index in [-0.39, 0.29) is 0 Å². The van der Waals surface area contributed by atoms with Crippen molar-refractivity contribution < 1.29 is 15.3 Å². The molecule has 0 amide bonds. The molecule has 0 aromatic heterocycles. The zero-order valence-electron chi connectivity index (χ0n) is 9.18. The molecule has 1 aliphatic rings. The summed E-state index contributed by atoms with van der Waals surface area (Å²) < 4.78 is 0. The lowest BCUT2D eigenvalue weighted by Crippen LogP contribution is -2.42. The molecule has 0 aromatic rings. The summed E-state index contributed by atoms with van der Waals surface area (Å²) in [5.41, 5.74) is 5.09. The molecule has 1 saturated carbocycles. The van der Waals surface area contributed by atoms with Gasteiger partial charge in [-0.05, 0) is 18.8 Å². The van der Waals surface area contributed by atoms with Gasteiger partial charge >= 0.3 is 0 Å². The quantitative estimate of drug-likeness (QED) is 0.500. The van der Waals surface area contributed by atoms with E-state index in [1.807, 2.05) is 0 Å². The molecule has 0 radical (unpaired) electrons. The fraction of sp³-hybridized carbons (Fsp3) is 1.00. The van der Waals surface area contributed by atoms with Crippen LogP contribution in [0.15, 0.2) is 0 Å². The topological polar surface area (TPSA) is 86.7 Å². The van der Waals surface area contributed by atoms with Gasteiger partial charge in [-0.25, -0.2) is 0 Å². The van der Waals surface area contributed by atoms with Gasteiger partial charge in [-0.15, -0.1) is 0 Å². The van der Waals surface area contributed by atoms with Gasteiger partial charge in [0.15, 0.2) is 0 Å². The highest BCUT2D eigenvalue weighted by Gasteiger charge is 2.23. The lowest BCUT2D eigenvalue weighted by molar-refractivity contribution is -0.0609. The van der Waals surface area contributed by atoms with Crippen LogP contribution in [0.25, 0.3) is 0 Å². The number of aliphatic hydroxyl groups is 3. The molecule has 0 saturated heterocycles. The molecule has 90 valence electrons. The second-order valence-electron chi connectivity index (χ2n) is 4.63. The molecular weight excluding hydrogens is 194 g/mol. The monoisotopic (exact) mass is 217 g/mol. The van der Waals surface area contributed by atoms with E-state index in [9.17, 15) is 10.2 Å². The molecule has 4 nitrogen and oxygen atoms in total. The molecule has 0 spiro atoms. The highest BCUT2D eigenvalue weighted by Crippen LogP contribution is 2.28. The first-order valence-corrected chi connectivity index (χ1v) is 5.91. The van der Waals surface area contributed by atoms with Gasteiger partial charge in [-0.3, -0.25) is 0 Å². The van der Waals surface area contributed by atoms with Crippen molar-refractivity contribution in [2.45, 2.75) is 63.4 Å². The van der Waals surface area contributed by atoms with Gasteiger partial charge in [0.05, 0.1) is 6.10 Å². The standard InChI is InChI=1S/C11H23NO3/c12-11(15)10(14)9(13)7-6-8-4-2-1-3-5-8/h8-11,13-15H,1-7,12H2/t9-,10-,11-/m0/s1. The summed E-state index contributed by atoms with van der Waals surface area (Å²) in [6.45, 7) is 0. The average Bonchev–Trinajstić information content (AvgIpc) is 2.26. The minimum Gasteiger partial charge on any atom is -0.390 e. The van der Waals surface area contributed by atoms with Gasteiger partial charge in [-0.1, -0.05) is 32.1 Å². The maximum Gasteiger partial charge on any atom is 0.131 e. The van der Waals surface area contributed by atoms with Crippen molar-refractivity contribution in [3.63, 3.8) is 0 Å². The van der Waals surface area contributed by atoms with Crippen LogP contribution in [0.5, 0.6) is 0 Å². The van der Waals surface area contributed by atoms with Crippen LogP contribution < -0.4 is 5.73 Å². The fourth-order valence-corrected chi connectivity index (χ4v) is 2.28. The molecule has 5 N–H and O–H groups in total. The summed E-state index contributed by atoms with van der Waals surface area (Å²) in [7, 11) is 0. The van der Waals surface area contributed by atoms with Crippen LogP contribution in [0.1, 0.15) is 44.9 Å². The first-order chi connectivity index (χ1) is 7.11. The van der Waals surface area contributed by atoms with E-state index in [1.54, 1.807) is 0 Å². The number of nitrogens with two attached hydrogens (primary N) is 1. The highest BCUT2D eigenvalue weighted by molar-refractivity contribution is 4.74. The third-order valence-electron chi connectivity index (χ3n) is 3.34. The van der Waals surface area contributed by atoms with E-state index >= 15 is 0 Å². The molecule has 0 aromatic carbocycles. The van der Waals surface area contributed by atoms with Crippen LogP contribution in [-0.2, 0) is 0 Å². The van der Waals surface area contributed by atoms with Gasteiger partial charge in [0.2, 0.25) is 0 Å². The highest BCUT2D eigenvalue weighted by atomic mass is 16.4. The van der Waals surface area contributed by atoms with Crippen molar-refractivity contribution in [3.05, 3.63) is 0 Å². The van der Waals surface area contributed by atoms with Gasteiger partial charge in [0.1, 0.15) is 12.3 Å². The molecule has 3 atom stereocenters. The van der Waals surface area contributed by atoms with Crippen LogP contribution in [0, 0.1) is 5.92 Å². The predicted molar refractivity (Wildman–Crippen MR) is 58.0 cm³/mol. The Morgan fingerprint density at radius 1 is 1.07 bits per heavy atom. The van der Waals surface area contributed by atoms with Crippen molar-refractivity contribution >= 4 is 0 Å². The number of hydrogen-bond donors (Lipinski definition) is 4. The van der Waals surface area contributed by atoms with Crippen molar-refractivity contribution in [2.24, 2.45) is 11.7 Å². The van der Waals surface area contributed by atoms with Crippen LogP contribution in [-0.4, -0.2) is 33.8 Å². The Labute approximate surface area is 91.1 Å². The Balaban J connectivity index is 2.17. The lowest BCUT2D eigenvalue weighted by atomic mass is 9.85. The van der Waals surface area contributed by atoms with E-state index in [4.69, 9.17) is 10.8 Å². The third kappa shape index (κ3) is 4.47. The average molecular weight is 217 g/mol. The number of aliphatic hydroxyl groups excluding tert-OH is 3. The second-order valence-corrected chi connectivity index (χ2v) is 4.63. The molecule has 1 aliphatic carbocycles. The molecule has 0 unspecified atom stereocenters. The first kappa shape index (κ1) is 12.9. The zero-order chi connectivity index (χ0) is 11.3. The molecule has 0 bridgehead atoms. The molecule has 4 heteroatoms. The Bertz CT molecular complexity index is 169. The van der Waals surface area contributed by atoms with Crippen LogP contribution >= 0.6 is 0 Å². The Kier molecular flexibility index (Phi) is 5.53. The summed E-state index contributed by atoms with van der Waals surface area (Å²) >= 11 is 0. The fourth-order valence-electron chi connectivity index (χ4n) is 2.28. The van der Waals surface area contributed by atoms with Crippen molar-refractivity contribution in [1.29, 1.82) is 0 Å². The van der Waals surface area contributed by atoms with Crippen LogP contribution in [0.3, 0.4) is 0 Å². The van der Waals surface area contributed by atoms with Gasteiger partial charge in [0, 0.05) is 0 Å². The summed E-state index contributed by atoms with van der Waals surface area (Å²) in [5, 5.41) is 27.7. The molecule has 1 fully saturated rings. The maximum absolute atomic E-state index is 9.53. The van der Waals surface area contributed by atoms with Gasteiger partial charge < -0.3 is 21.1 Å². The molecule has 15 heavy (non-hydrogen) atoms. The largest absolute Gasteiger partial charge is 0.390 e. The number of hydrogen-bond acceptors (Lipinski definition) is 4. The third-order valence-corrected chi connectivity index (χ3v) is 3.34. The Hall–Kier alpha value is -0.160. The Morgan fingerprint density at radius 3 is 2.20 bits per heavy atom. The molecule has 0 heterocycles. The zero-order valence-corrected chi connectivity index (χ0v) is 9.18. The molecule has 0 aliphatic heterocycles. The number of rotatable bonds is 5. The molecule has 1 rings (SSSR count). The van der Waals surface area contributed by atoms with Crippen molar-refractivity contribution in [2.75, 3.05) is 0 Å². The van der Waals surface area contributed by atoms with Crippen molar-refractivity contribution in [3.8, 4) is 0 Å². The van der Waals surface area contributed by atoms with E-state index in [1.165, 1.54) is 32.1 Å². The summed E-state index contributed by atoms with van der Waals surface area (Å²) in [5.74, 6) is 0.676. The van der Waals surface area contributed by atoms with E-state index in [0.29, 0.717) is 12.3 Å². The minimum absolute atomic E-state index is 0.528. The van der Waals surface area contributed by atoms with Crippen LogP contribution in [0.2, 0.25) is 0 Å². The van der Waals surface area contributed by atoms with Gasteiger partial charge in [-0.2, -0.15) is 0 Å². The summed E-state index contributed by atoms with van der Waals surface area (Å²) in [4.78, 5) is 0. The maximum atomic E-state index is 9.53. The smallest absolute Gasteiger partial charge is 0.131 e. The second kappa shape index (κ2) is 6.43. The van der Waals surface area contributed by atoms with E-state index in [0.717, 1.165) is 6.42 Å². The van der Waals surface area contributed by atoms with E-state index < -0.39 is 18.4 Å². The summed E-state index contributed by atoms with van der Waals surface area (Å²) in [6, 6.07) is 0. The lowest BCUT2D eigenvalue weighted by Gasteiger charge is -2.25. The summed E-state index contributed by atoms with van der Waals surface area (Å²) in [6.07, 6.45) is 4.34. The normalized spacial score (nSPS) is 24.8. The van der Waals surface area contributed by atoms with Gasteiger partial charge in [0.25, 0.3) is 0 Å². The minimum atomic E-state index is -1.34. The molecular formula is C11H23NO3. The van der Waals surface area contributed by atoms with Crippen molar-refractivity contribution in [1.82, 2.24) is 0 Å². The Morgan fingerprint density at radius 2 is 1.67 bits per heavy atom. The SMILES string of the molecule is N[C@@H](O)[C@@H](O)[C@@H](O)CCC1CCCCC1. The predicted octanol–water partition coefficient (Wildman–Crippen LogP) is 0.346. The van der Waals surface area contributed by atoms with E-state index in [2.05, 4.69) is 0 Å². The first-order valence-electron chi connectivity index (χ1n) is 5.91. The van der Waals surface area contributed by atoms with Crippen LogP contribution in [0.4, 0.5) is 0 Å².